The molecular weight excluding hydrogens is 234 g/mol. The Morgan fingerprint density at radius 1 is 1.65 bits per heavy atom. The van der Waals surface area contributed by atoms with Gasteiger partial charge in [-0.15, -0.1) is 11.3 Å². The number of likely N-dealkylation sites (tertiary alicyclic amines) is 1. The number of thiazole rings is 1. The standard InChI is InChI=1S/C12H19N3OS/c1-8(13)10-5-3-4-6-15(10)12(16)11-7-14-9(2)17-11/h7-8,10H,3-6,13H2,1-2H3/t8-,10+/m1/s1. The summed E-state index contributed by atoms with van der Waals surface area (Å²) >= 11 is 1.46. The van der Waals surface area contributed by atoms with Gasteiger partial charge in [0.25, 0.3) is 5.91 Å². The molecule has 17 heavy (non-hydrogen) atoms. The van der Waals surface area contributed by atoms with Crippen molar-refractivity contribution < 1.29 is 4.79 Å². The molecule has 0 unspecified atom stereocenters. The lowest BCUT2D eigenvalue weighted by Crippen LogP contribution is -2.51. The van der Waals surface area contributed by atoms with E-state index in [1.807, 2.05) is 18.7 Å². The molecule has 1 aliphatic rings. The number of carbonyl (C=O) groups is 1. The third-order valence-corrected chi connectivity index (χ3v) is 4.15. The van der Waals surface area contributed by atoms with Gasteiger partial charge < -0.3 is 10.6 Å². The molecule has 4 nitrogen and oxygen atoms in total. The van der Waals surface area contributed by atoms with Crippen LogP contribution >= 0.6 is 11.3 Å². The van der Waals surface area contributed by atoms with Gasteiger partial charge in [-0.05, 0) is 33.1 Å². The highest BCUT2D eigenvalue weighted by atomic mass is 32.1. The Bertz CT molecular complexity index is 402. The van der Waals surface area contributed by atoms with E-state index in [1.54, 1.807) is 6.20 Å². The Balaban J connectivity index is 2.16. The molecule has 94 valence electrons. The minimum absolute atomic E-state index is 0.0354. The maximum Gasteiger partial charge on any atom is 0.265 e. The molecular formula is C12H19N3OS. The maximum atomic E-state index is 12.4. The first-order valence-corrected chi connectivity index (χ1v) is 6.90. The van der Waals surface area contributed by atoms with Gasteiger partial charge in [-0.3, -0.25) is 4.79 Å². The van der Waals surface area contributed by atoms with Crippen molar-refractivity contribution in [2.24, 2.45) is 5.73 Å². The van der Waals surface area contributed by atoms with Crippen LogP contribution in [0.5, 0.6) is 0 Å². The van der Waals surface area contributed by atoms with Crippen molar-refractivity contribution in [3.63, 3.8) is 0 Å². The number of aryl methyl sites for hydroxylation is 1. The zero-order valence-electron chi connectivity index (χ0n) is 10.3. The van der Waals surface area contributed by atoms with Crippen molar-refractivity contribution in [3.05, 3.63) is 16.1 Å². The van der Waals surface area contributed by atoms with Crippen molar-refractivity contribution in [1.82, 2.24) is 9.88 Å². The molecule has 0 aliphatic carbocycles. The molecule has 0 saturated carbocycles. The zero-order valence-corrected chi connectivity index (χ0v) is 11.2. The summed E-state index contributed by atoms with van der Waals surface area (Å²) in [5, 5.41) is 0.933. The van der Waals surface area contributed by atoms with E-state index in [4.69, 9.17) is 5.73 Å². The number of hydrogen-bond acceptors (Lipinski definition) is 4. The monoisotopic (exact) mass is 253 g/mol. The first-order valence-electron chi connectivity index (χ1n) is 6.08. The van der Waals surface area contributed by atoms with Gasteiger partial charge in [0.2, 0.25) is 0 Å². The highest BCUT2D eigenvalue weighted by Crippen LogP contribution is 2.23. The van der Waals surface area contributed by atoms with Gasteiger partial charge in [0.05, 0.1) is 11.2 Å². The van der Waals surface area contributed by atoms with E-state index in [-0.39, 0.29) is 18.0 Å². The Labute approximate surface area is 106 Å². The summed E-state index contributed by atoms with van der Waals surface area (Å²) in [5.74, 6) is 0.0950. The second-order valence-corrected chi connectivity index (χ2v) is 5.90. The van der Waals surface area contributed by atoms with E-state index in [1.165, 1.54) is 11.3 Å². The molecule has 0 spiro atoms. The quantitative estimate of drug-likeness (QED) is 0.874. The normalized spacial score (nSPS) is 22.5. The molecule has 1 aromatic heterocycles. The fourth-order valence-electron chi connectivity index (χ4n) is 2.36. The van der Waals surface area contributed by atoms with Gasteiger partial charge >= 0.3 is 0 Å². The second-order valence-electron chi connectivity index (χ2n) is 4.66. The highest BCUT2D eigenvalue weighted by molar-refractivity contribution is 7.13. The lowest BCUT2D eigenvalue weighted by atomic mass is 9.97. The van der Waals surface area contributed by atoms with Crippen LogP contribution in [0.15, 0.2) is 6.20 Å². The van der Waals surface area contributed by atoms with Gasteiger partial charge in [0.15, 0.2) is 0 Å². The number of aromatic nitrogens is 1. The summed E-state index contributed by atoms with van der Waals surface area (Å²) in [7, 11) is 0. The molecule has 2 atom stereocenters. The van der Waals surface area contributed by atoms with Crippen LogP contribution in [0.3, 0.4) is 0 Å². The predicted octanol–water partition coefficient (Wildman–Crippen LogP) is 1.79. The molecule has 1 saturated heterocycles. The van der Waals surface area contributed by atoms with Crippen molar-refractivity contribution in [3.8, 4) is 0 Å². The Kier molecular flexibility index (Phi) is 3.79. The lowest BCUT2D eigenvalue weighted by molar-refractivity contribution is 0.0588. The van der Waals surface area contributed by atoms with E-state index in [0.29, 0.717) is 0 Å². The van der Waals surface area contributed by atoms with Gasteiger partial charge in [0, 0.05) is 18.6 Å². The number of piperidine rings is 1. The first-order chi connectivity index (χ1) is 8.09. The number of carbonyl (C=O) groups excluding carboxylic acids is 1. The molecule has 1 aliphatic heterocycles. The summed E-state index contributed by atoms with van der Waals surface area (Å²) in [6.45, 7) is 4.72. The minimum atomic E-state index is 0.0354. The van der Waals surface area contributed by atoms with E-state index < -0.39 is 0 Å². The van der Waals surface area contributed by atoms with Crippen LogP contribution in [-0.2, 0) is 0 Å². The van der Waals surface area contributed by atoms with Gasteiger partial charge in [-0.2, -0.15) is 0 Å². The first kappa shape index (κ1) is 12.5. The Morgan fingerprint density at radius 2 is 2.41 bits per heavy atom. The molecule has 0 bridgehead atoms. The van der Waals surface area contributed by atoms with E-state index in [2.05, 4.69) is 4.98 Å². The summed E-state index contributed by atoms with van der Waals surface area (Å²) in [5.41, 5.74) is 5.97. The summed E-state index contributed by atoms with van der Waals surface area (Å²) in [6, 6.07) is 0.215. The van der Waals surface area contributed by atoms with Crippen LogP contribution in [-0.4, -0.2) is 34.4 Å². The van der Waals surface area contributed by atoms with Gasteiger partial charge in [-0.25, -0.2) is 4.98 Å². The van der Waals surface area contributed by atoms with Crippen LogP contribution in [0.1, 0.15) is 40.9 Å². The average Bonchev–Trinajstić information content (AvgIpc) is 2.75. The van der Waals surface area contributed by atoms with Crippen molar-refractivity contribution in [2.75, 3.05) is 6.54 Å². The average molecular weight is 253 g/mol. The van der Waals surface area contributed by atoms with Crippen LogP contribution < -0.4 is 5.73 Å². The Hall–Kier alpha value is -0.940. The zero-order chi connectivity index (χ0) is 12.4. The molecule has 0 aromatic carbocycles. The smallest absolute Gasteiger partial charge is 0.265 e. The van der Waals surface area contributed by atoms with Gasteiger partial charge in [0.1, 0.15) is 4.88 Å². The fraction of sp³-hybridized carbons (Fsp3) is 0.667. The molecule has 2 rings (SSSR count). The number of rotatable bonds is 2. The molecule has 5 heteroatoms. The van der Waals surface area contributed by atoms with Crippen molar-refractivity contribution in [1.29, 1.82) is 0 Å². The number of nitrogens with zero attached hydrogens (tertiary/aromatic N) is 2. The second kappa shape index (κ2) is 5.14. The topological polar surface area (TPSA) is 59.2 Å². The molecule has 0 radical (unpaired) electrons. The van der Waals surface area contributed by atoms with E-state index >= 15 is 0 Å². The van der Waals surface area contributed by atoms with Crippen LogP contribution in [0.4, 0.5) is 0 Å². The fourth-order valence-corrected chi connectivity index (χ4v) is 3.09. The number of amides is 1. The molecule has 2 N–H and O–H groups in total. The largest absolute Gasteiger partial charge is 0.333 e. The predicted molar refractivity (Wildman–Crippen MR) is 69.2 cm³/mol. The van der Waals surface area contributed by atoms with Crippen molar-refractivity contribution in [2.45, 2.75) is 45.2 Å². The third kappa shape index (κ3) is 2.66. The highest BCUT2D eigenvalue weighted by Gasteiger charge is 2.30. The molecule has 2 heterocycles. The van der Waals surface area contributed by atoms with Gasteiger partial charge in [-0.1, -0.05) is 0 Å². The maximum absolute atomic E-state index is 12.4. The molecule has 1 amide bonds. The summed E-state index contributed by atoms with van der Waals surface area (Å²) in [6.07, 6.45) is 4.93. The Morgan fingerprint density at radius 3 is 3.00 bits per heavy atom. The molecule has 1 fully saturated rings. The third-order valence-electron chi connectivity index (χ3n) is 3.25. The van der Waals surface area contributed by atoms with E-state index in [0.717, 1.165) is 35.7 Å². The van der Waals surface area contributed by atoms with E-state index in [9.17, 15) is 4.79 Å². The minimum Gasteiger partial charge on any atom is -0.333 e. The molecule has 1 aromatic rings. The number of hydrogen-bond donors (Lipinski definition) is 1. The van der Waals surface area contributed by atoms with Crippen LogP contribution in [0.2, 0.25) is 0 Å². The summed E-state index contributed by atoms with van der Waals surface area (Å²) < 4.78 is 0. The van der Waals surface area contributed by atoms with Crippen molar-refractivity contribution >= 4 is 17.2 Å². The SMILES string of the molecule is Cc1ncc(C(=O)N2CCCC[C@H]2[C@@H](C)N)s1. The number of nitrogens with two attached hydrogens (primary N) is 1. The van der Waals surface area contributed by atoms with Crippen LogP contribution in [0, 0.1) is 6.92 Å². The summed E-state index contributed by atoms with van der Waals surface area (Å²) in [4.78, 5) is 19.2. The van der Waals surface area contributed by atoms with Crippen LogP contribution in [0.25, 0.3) is 0 Å². The lowest BCUT2D eigenvalue weighted by Gasteiger charge is -2.37.